The number of carbonyl (C=O) groups excluding carboxylic acids is 1. The maximum Gasteiger partial charge on any atom is 0.226 e. The minimum absolute atomic E-state index is 0.0338. The van der Waals surface area contributed by atoms with E-state index in [0.717, 1.165) is 18.7 Å². The van der Waals surface area contributed by atoms with Gasteiger partial charge in [0, 0.05) is 12.6 Å². The highest BCUT2D eigenvalue weighted by molar-refractivity contribution is 5.78. The number of rotatable bonds is 5. The number of aromatic nitrogens is 1. The number of carbonyl (C=O) groups is 1. The lowest BCUT2D eigenvalue weighted by molar-refractivity contribution is -0.120. The second-order valence-corrected chi connectivity index (χ2v) is 4.29. The third kappa shape index (κ3) is 4.89. The highest BCUT2D eigenvalue weighted by Crippen LogP contribution is 2.06. The summed E-state index contributed by atoms with van der Waals surface area (Å²) in [5.74, 6) is -1.34. The van der Waals surface area contributed by atoms with Crippen molar-refractivity contribution < 1.29 is 13.6 Å². The molecular weight excluding hydrogens is 226 g/mol. The van der Waals surface area contributed by atoms with Crippen LogP contribution in [0.4, 0.5) is 8.78 Å². The molecule has 5 heteroatoms. The lowest BCUT2D eigenvalue weighted by Gasteiger charge is -2.07. The van der Waals surface area contributed by atoms with Gasteiger partial charge in [0.2, 0.25) is 5.91 Å². The van der Waals surface area contributed by atoms with Gasteiger partial charge in [-0.2, -0.15) is 0 Å². The number of amides is 1. The van der Waals surface area contributed by atoms with E-state index < -0.39 is 11.6 Å². The van der Waals surface area contributed by atoms with Gasteiger partial charge >= 0.3 is 0 Å². The molecule has 0 aromatic carbocycles. The van der Waals surface area contributed by atoms with Gasteiger partial charge in [-0.3, -0.25) is 9.78 Å². The lowest BCUT2D eigenvalue weighted by Crippen LogP contribution is -2.27. The smallest absolute Gasteiger partial charge is 0.226 e. The minimum Gasteiger partial charge on any atom is -0.356 e. The molecule has 0 saturated carbocycles. The Hall–Kier alpha value is -1.52. The first-order valence-electron chi connectivity index (χ1n) is 5.55. The highest BCUT2D eigenvalue weighted by Gasteiger charge is 2.10. The molecule has 0 aliphatic carbocycles. The second kappa shape index (κ2) is 6.27. The molecule has 0 atom stereocenters. The van der Waals surface area contributed by atoms with Crippen LogP contribution in [-0.2, 0) is 11.2 Å². The molecule has 1 heterocycles. The Morgan fingerprint density at radius 1 is 1.47 bits per heavy atom. The van der Waals surface area contributed by atoms with Crippen LogP contribution in [0.5, 0.6) is 0 Å². The first kappa shape index (κ1) is 13.5. The van der Waals surface area contributed by atoms with E-state index in [-0.39, 0.29) is 18.0 Å². The normalized spacial score (nSPS) is 10.6. The fourth-order valence-electron chi connectivity index (χ4n) is 1.29. The monoisotopic (exact) mass is 242 g/mol. The van der Waals surface area contributed by atoms with E-state index in [1.807, 2.05) is 13.8 Å². The topological polar surface area (TPSA) is 42.0 Å². The van der Waals surface area contributed by atoms with Crippen molar-refractivity contribution in [1.82, 2.24) is 10.3 Å². The third-order valence-corrected chi connectivity index (χ3v) is 2.26. The number of nitrogens with one attached hydrogen (secondary N) is 1. The van der Waals surface area contributed by atoms with Gasteiger partial charge < -0.3 is 5.32 Å². The molecule has 1 amide bonds. The van der Waals surface area contributed by atoms with E-state index in [0.29, 0.717) is 12.5 Å². The molecule has 94 valence electrons. The Morgan fingerprint density at radius 3 is 2.76 bits per heavy atom. The van der Waals surface area contributed by atoms with E-state index in [1.54, 1.807) is 0 Å². The van der Waals surface area contributed by atoms with E-state index in [1.165, 1.54) is 0 Å². The van der Waals surface area contributed by atoms with Crippen LogP contribution in [0.15, 0.2) is 12.3 Å². The summed E-state index contributed by atoms with van der Waals surface area (Å²) >= 11 is 0. The van der Waals surface area contributed by atoms with Gasteiger partial charge in [-0.05, 0) is 12.3 Å². The Labute approximate surface area is 99.2 Å². The van der Waals surface area contributed by atoms with Crippen LogP contribution in [0.1, 0.15) is 26.0 Å². The highest BCUT2D eigenvalue weighted by atomic mass is 19.1. The summed E-state index contributed by atoms with van der Waals surface area (Å²) in [5, 5.41) is 2.66. The van der Waals surface area contributed by atoms with Gasteiger partial charge in [0.1, 0.15) is 11.6 Å². The average molecular weight is 242 g/mol. The molecule has 1 aromatic rings. The van der Waals surface area contributed by atoms with Gasteiger partial charge in [-0.25, -0.2) is 8.78 Å². The zero-order chi connectivity index (χ0) is 12.8. The average Bonchev–Trinajstić information content (AvgIpc) is 2.21. The first-order valence-corrected chi connectivity index (χ1v) is 5.55. The second-order valence-electron chi connectivity index (χ2n) is 4.29. The van der Waals surface area contributed by atoms with Crippen LogP contribution in [0.2, 0.25) is 0 Å². The standard InChI is InChI=1S/C12H16F2N2O/c1-8(2)3-4-15-12(17)6-11-10(14)5-9(13)7-16-11/h5,7-8H,3-4,6H2,1-2H3,(H,15,17). The maximum atomic E-state index is 13.2. The quantitative estimate of drug-likeness (QED) is 0.858. The molecule has 0 saturated heterocycles. The van der Waals surface area contributed by atoms with Crippen molar-refractivity contribution in [2.45, 2.75) is 26.7 Å². The Balaban J connectivity index is 2.45. The number of hydrogen-bond donors (Lipinski definition) is 1. The summed E-state index contributed by atoms with van der Waals surface area (Å²) in [6.07, 6.45) is 1.61. The van der Waals surface area contributed by atoms with Crippen LogP contribution < -0.4 is 5.32 Å². The van der Waals surface area contributed by atoms with Gasteiger partial charge in [0.15, 0.2) is 0 Å². The fourth-order valence-corrected chi connectivity index (χ4v) is 1.29. The Morgan fingerprint density at radius 2 is 2.18 bits per heavy atom. The van der Waals surface area contributed by atoms with Crippen LogP contribution in [0.3, 0.4) is 0 Å². The van der Waals surface area contributed by atoms with E-state index in [9.17, 15) is 13.6 Å². The van der Waals surface area contributed by atoms with Crippen LogP contribution in [0.25, 0.3) is 0 Å². The number of nitrogens with zero attached hydrogens (tertiary/aromatic N) is 1. The molecule has 0 aliphatic heterocycles. The van der Waals surface area contributed by atoms with Crippen molar-refractivity contribution in [2.75, 3.05) is 6.54 Å². The van der Waals surface area contributed by atoms with E-state index in [2.05, 4.69) is 10.3 Å². The van der Waals surface area contributed by atoms with E-state index >= 15 is 0 Å². The molecule has 0 unspecified atom stereocenters. The molecule has 3 nitrogen and oxygen atoms in total. The molecule has 1 N–H and O–H groups in total. The Kier molecular flexibility index (Phi) is 5.00. The molecule has 0 fully saturated rings. The van der Waals surface area contributed by atoms with Crippen molar-refractivity contribution in [3.05, 3.63) is 29.6 Å². The lowest BCUT2D eigenvalue weighted by atomic mass is 10.1. The number of pyridine rings is 1. The van der Waals surface area contributed by atoms with Crippen molar-refractivity contribution in [1.29, 1.82) is 0 Å². The summed E-state index contributed by atoms with van der Waals surface area (Å²) in [6.45, 7) is 4.65. The largest absolute Gasteiger partial charge is 0.356 e. The van der Waals surface area contributed by atoms with Crippen molar-refractivity contribution in [3.63, 3.8) is 0 Å². The van der Waals surface area contributed by atoms with E-state index in [4.69, 9.17) is 0 Å². The zero-order valence-corrected chi connectivity index (χ0v) is 9.96. The zero-order valence-electron chi connectivity index (χ0n) is 9.96. The fraction of sp³-hybridized carbons (Fsp3) is 0.500. The summed E-state index contributed by atoms with van der Waals surface area (Å²) < 4.78 is 25.8. The molecular formula is C12H16F2N2O. The van der Waals surface area contributed by atoms with Gasteiger partial charge in [-0.1, -0.05) is 13.8 Å². The third-order valence-electron chi connectivity index (χ3n) is 2.26. The van der Waals surface area contributed by atoms with Crippen LogP contribution in [0, 0.1) is 17.6 Å². The van der Waals surface area contributed by atoms with Crippen LogP contribution in [-0.4, -0.2) is 17.4 Å². The number of halogens is 2. The number of hydrogen-bond acceptors (Lipinski definition) is 2. The Bertz CT molecular complexity index is 394. The molecule has 0 bridgehead atoms. The molecule has 1 rings (SSSR count). The SMILES string of the molecule is CC(C)CCNC(=O)Cc1ncc(F)cc1F. The van der Waals surface area contributed by atoms with Gasteiger partial charge in [-0.15, -0.1) is 0 Å². The molecule has 1 aromatic heterocycles. The molecule has 0 aliphatic rings. The molecule has 0 spiro atoms. The van der Waals surface area contributed by atoms with Crippen molar-refractivity contribution in [2.24, 2.45) is 5.92 Å². The minimum atomic E-state index is -0.788. The first-order chi connectivity index (χ1) is 7.99. The summed E-state index contributed by atoms with van der Waals surface area (Å²) in [7, 11) is 0. The van der Waals surface area contributed by atoms with Gasteiger partial charge in [0.05, 0.1) is 18.3 Å². The predicted molar refractivity (Wildman–Crippen MR) is 60.3 cm³/mol. The summed E-state index contributed by atoms with van der Waals surface area (Å²) in [4.78, 5) is 15.0. The summed E-state index contributed by atoms with van der Waals surface area (Å²) in [5.41, 5.74) is -0.0338. The van der Waals surface area contributed by atoms with Crippen molar-refractivity contribution >= 4 is 5.91 Å². The van der Waals surface area contributed by atoms with Gasteiger partial charge in [0.25, 0.3) is 0 Å². The maximum absolute atomic E-state index is 13.2. The predicted octanol–water partition coefficient (Wildman–Crippen LogP) is 2.06. The van der Waals surface area contributed by atoms with Crippen molar-refractivity contribution in [3.8, 4) is 0 Å². The summed E-state index contributed by atoms with van der Waals surface area (Å²) in [6, 6.07) is 0.726. The molecule has 0 radical (unpaired) electrons. The van der Waals surface area contributed by atoms with Crippen LogP contribution >= 0.6 is 0 Å². The molecule has 17 heavy (non-hydrogen) atoms.